The van der Waals surface area contributed by atoms with Crippen LogP contribution in [0, 0.1) is 6.92 Å². The highest BCUT2D eigenvalue weighted by Gasteiger charge is 2.26. The molecule has 0 aliphatic carbocycles. The Kier molecular flexibility index (Phi) is 6.83. The second-order valence-electron chi connectivity index (χ2n) is 7.62. The van der Waals surface area contributed by atoms with Crippen molar-refractivity contribution >= 4 is 23.1 Å². The van der Waals surface area contributed by atoms with E-state index in [1.165, 1.54) is 16.0 Å². The number of benzene rings is 2. The molecule has 1 N–H and O–H groups in total. The van der Waals surface area contributed by atoms with E-state index in [0.717, 1.165) is 30.8 Å². The second kappa shape index (κ2) is 9.52. The minimum Gasteiger partial charge on any atom is -0.335 e. The van der Waals surface area contributed by atoms with Crippen molar-refractivity contribution in [2.24, 2.45) is 0 Å². The Balaban J connectivity index is 1.52. The summed E-state index contributed by atoms with van der Waals surface area (Å²) in [5.41, 5.74) is 4.45. The van der Waals surface area contributed by atoms with Crippen LogP contribution in [0.4, 0.5) is 5.69 Å². The maximum Gasteiger partial charge on any atom is 0.243 e. The minimum absolute atomic E-state index is 0.0377. The summed E-state index contributed by atoms with van der Waals surface area (Å²) in [4.78, 5) is 28.8. The number of nitrogens with zero attached hydrogens (tertiary/aromatic N) is 2. The Bertz CT molecular complexity index is 875. The molecule has 0 unspecified atom stereocenters. The highest BCUT2D eigenvalue weighted by molar-refractivity contribution is 5.95. The van der Waals surface area contributed by atoms with E-state index in [-0.39, 0.29) is 24.4 Å². The average Bonchev–Trinajstić information content (AvgIpc) is 2.75. The van der Waals surface area contributed by atoms with Crippen LogP contribution in [0.25, 0.3) is 5.57 Å². The van der Waals surface area contributed by atoms with Crippen molar-refractivity contribution in [2.75, 3.05) is 32.0 Å². The lowest BCUT2D eigenvalue weighted by Gasteiger charge is -2.33. The summed E-state index contributed by atoms with van der Waals surface area (Å²) in [7, 11) is 1.68. The van der Waals surface area contributed by atoms with E-state index < -0.39 is 0 Å². The SMILES string of the molecule is Cc1ccc(NC(=O)CN(C)C(=O)[C@@H](C)N2CC=C(c3ccccc3)CC2)cc1. The third-order valence-electron chi connectivity index (χ3n) is 5.38. The normalized spacial score (nSPS) is 15.3. The Labute approximate surface area is 173 Å². The standard InChI is InChI=1S/C24H29N3O2/c1-18-9-11-22(12-10-18)25-23(28)17-26(3)24(29)19(2)27-15-13-21(14-16-27)20-7-5-4-6-8-20/h4-13,19H,14-17H2,1-3H3,(H,25,28)/t19-/m1/s1. The van der Waals surface area contributed by atoms with Crippen LogP contribution in [0.1, 0.15) is 24.5 Å². The highest BCUT2D eigenvalue weighted by atomic mass is 16.2. The largest absolute Gasteiger partial charge is 0.335 e. The smallest absolute Gasteiger partial charge is 0.243 e. The highest BCUT2D eigenvalue weighted by Crippen LogP contribution is 2.23. The van der Waals surface area contributed by atoms with Gasteiger partial charge in [-0.2, -0.15) is 0 Å². The van der Waals surface area contributed by atoms with E-state index in [0.29, 0.717) is 0 Å². The Morgan fingerprint density at radius 2 is 1.79 bits per heavy atom. The molecule has 152 valence electrons. The van der Waals surface area contributed by atoms with Gasteiger partial charge in [-0.3, -0.25) is 14.5 Å². The van der Waals surface area contributed by atoms with E-state index in [2.05, 4.69) is 28.4 Å². The van der Waals surface area contributed by atoms with Gasteiger partial charge in [0, 0.05) is 25.8 Å². The summed E-state index contributed by atoms with van der Waals surface area (Å²) < 4.78 is 0. The first-order valence-electron chi connectivity index (χ1n) is 10.0. The lowest BCUT2D eigenvalue weighted by molar-refractivity contribution is -0.137. The molecule has 0 radical (unpaired) electrons. The predicted molar refractivity (Wildman–Crippen MR) is 118 cm³/mol. The molecular formula is C24H29N3O2. The molecule has 0 saturated carbocycles. The maximum absolute atomic E-state index is 12.8. The van der Waals surface area contributed by atoms with E-state index in [1.54, 1.807) is 7.05 Å². The van der Waals surface area contributed by atoms with Crippen LogP contribution in [0.3, 0.4) is 0 Å². The minimum atomic E-state index is -0.263. The topological polar surface area (TPSA) is 52.7 Å². The van der Waals surface area contributed by atoms with Crippen LogP contribution in [0.2, 0.25) is 0 Å². The summed E-state index contributed by atoms with van der Waals surface area (Å²) in [5, 5.41) is 2.84. The first kappa shape index (κ1) is 20.8. The average molecular weight is 392 g/mol. The molecule has 0 saturated heterocycles. The summed E-state index contributed by atoms with van der Waals surface area (Å²) >= 11 is 0. The van der Waals surface area contributed by atoms with Crippen LogP contribution in [-0.2, 0) is 9.59 Å². The number of likely N-dealkylation sites (N-methyl/N-ethyl adjacent to an activating group) is 1. The van der Waals surface area contributed by atoms with Gasteiger partial charge in [-0.25, -0.2) is 0 Å². The third-order valence-corrected chi connectivity index (χ3v) is 5.38. The van der Waals surface area contributed by atoms with Crippen molar-refractivity contribution < 1.29 is 9.59 Å². The molecule has 0 bridgehead atoms. The van der Waals surface area contributed by atoms with Crippen molar-refractivity contribution in [3.05, 3.63) is 71.8 Å². The summed E-state index contributed by atoms with van der Waals surface area (Å²) in [6.45, 7) is 5.52. The van der Waals surface area contributed by atoms with Gasteiger partial charge in [-0.15, -0.1) is 0 Å². The van der Waals surface area contributed by atoms with Crippen LogP contribution in [-0.4, -0.2) is 54.3 Å². The molecule has 5 heteroatoms. The van der Waals surface area contributed by atoms with Gasteiger partial charge in [0.1, 0.15) is 0 Å². The van der Waals surface area contributed by atoms with E-state index in [4.69, 9.17) is 0 Å². The molecule has 3 rings (SSSR count). The number of amides is 2. The molecule has 0 fully saturated rings. The molecule has 2 aromatic carbocycles. The van der Waals surface area contributed by atoms with Gasteiger partial charge < -0.3 is 10.2 Å². The van der Waals surface area contributed by atoms with Gasteiger partial charge in [-0.1, -0.05) is 54.1 Å². The Morgan fingerprint density at radius 3 is 2.41 bits per heavy atom. The van der Waals surface area contributed by atoms with Crippen molar-refractivity contribution in [1.29, 1.82) is 0 Å². The van der Waals surface area contributed by atoms with Gasteiger partial charge >= 0.3 is 0 Å². The molecule has 1 atom stereocenters. The first-order valence-corrected chi connectivity index (χ1v) is 10.0. The molecule has 5 nitrogen and oxygen atoms in total. The number of rotatable bonds is 6. The number of carbonyl (C=O) groups excluding carboxylic acids is 2. The van der Waals surface area contributed by atoms with Gasteiger partial charge in [0.2, 0.25) is 11.8 Å². The number of hydrogen-bond acceptors (Lipinski definition) is 3. The van der Waals surface area contributed by atoms with Gasteiger partial charge in [0.25, 0.3) is 0 Å². The van der Waals surface area contributed by atoms with Crippen molar-refractivity contribution in [2.45, 2.75) is 26.3 Å². The molecule has 2 amide bonds. The molecular weight excluding hydrogens is 362 g/mol. The van der Waals surface area contributed by atoms with Gasteiger partial charge in [0.15, 0.2) is 0 Å². The Hall–Kier alpha value is -2.92. The zero-order valence-corrected chi connectivity index (χ0v) is 17.4. The van der Waals surface area contributed by atoms with Crippen molar-refractivity contribution in [3.8, 4) is 0 Å². The summed E-state index contributed by atoms with van der Waals surface area (Å²) in [6, 6.07) is 17.7. The number of nitrogens with one attached hydrogen (secondary N) is 1. The van der Waals surface area contributed by atoms with Gasteiger partial charge in [-0.05, 0) is 43.5 Å². The number of hydrogen-bond donors (Lipinski definition) is 1. The van der Waals surface area contributed by atoms with Crippen molar-refractivity contribution in [1.82, 2.24) is 9.80 Å². The van der Waals surface area contributed by atoms with Gasteiger partial charge in [0.05, 0.1) is 12.6 Å². The van der Waals surface area contributed by atoms with E-state index in [1.807, 2.05) is 56.3 Å². The van der Waals surface area contributed by atoms with E-state index in [9.17, 15) is 9.59 Å². The van der Waals surface area contributed by atoms with E-state index >= 15 is 0 Å². The molecule has 0 aromatic heterocycles. The molecule has 0 spiro atoms. The maximum atomic E-state index is 12.8. The quantitative estimate of drug-likeness (QED) is 0.819. The summed E-state index contributed by atoms with van der Waals surface area (Å²) in [6.07, 6.45) is 3.12. The van der Waals surface area contributed by atoms with Crippen LogP contribution < -0.4 is 5.32 Å². The second-order valence-corrected chi connectivity index (χ2v) is 7.62. The number of anilines is 1. The van der Waals surface area contributed by atoms with Crippen molar-refractivity contribution in [3.63, 3.8) is 0 Å². The zero-order chi connectivity index (χ0) is 20.8. The molecule has 29 heavy (non-hydrogen) atoms. The lowest BCUT2D eigenvalue weighted by Crippen LogP contribution is -2.48. The number of aryl methyl sites for hydroxylation is 1. The number of carbonyl (C=O) groups is 2. The molecule has 1 aliphatic rings. The molecule has 1 aliphatic heterocycles. The van der Waals surface area contributed by atoms with Crippen LogP contribution in [0.5, 0.6) is 0 Å². The zero-order valence-electron chi connectivity index (χ0n) is 17.4. The summed E-state index contributed by atoms with van der Waals surface area (Å²) in [5.74, 6) is -0.234. The molecule has 2 aromatic rings. The third kappa shape index (κ3) is 5.55. The predicted octanol–water partition coefficient (Wildman–Crippen LogP) is 3.57. The first-order chi connectivity index (χ1) is 13.9. The molecule has 1 heterocycles. The Morgan fingerprint density at radius 1 is 1.10 bits per heavy atom. The fraction of sp³-hybridized carbons (Fsp3) is 0.333. The fourth-order valence-electron chi connectivity index (χ4n) is 3.56. The monoisotopic (exact) mass is 391 g/mol. The fourth-order valence-corrected chi connectivity index (χ4v) is 3.56. The lowest BCUT2D eigenvalue weighted by atomic mass is 9.99. The van der Waals surface area contributed by atoms with Crippen LogP contribution in [0.15, 0.2) is 60.7 Å². The van der Waals surface area contributed by atoms with Crippen LogP contribution >= 0.6 is 0 Å².